The number of carbonyl (C=O) groups is 1. The number of aromatic nitrogens is 1. The highest BCUT2D eigenvalue weighted by Gasteiger charge is 2.21. The fourth-order valence-corrected chi connectivity index (χ4v) is 2.15. The van der Waals surface area contributed by atoms with Crippen molar-refractivity contribution < 1.29 is 14.1 Å². The first-order valence-electron chi connectivity index (χ1n) is 6.68. The molecule has 0 aromatic carbocycles. The van der Waals surface area contributed by atoms with Gasteiger partial charge in [-0.15, -0.1) is 0 Å². The fraction of sp³-hybridized carbons (Fsp3) is 0.692. The Morgan fingerprint density at radius 2 is 2.16 bits per heavy atom. The van der Waals surface area contributed by atoms with Crippen LogP contribution in [0.2, 0.25) is 0 Å². The number of rotatable bonds is 5. The van der Waals surface area contributed by atoms with E-state index in [9.17, 15) is 4.79 Å². The van der Waals surface area contributed by atoms with Crippen molar-refractivity contribution in [1.82, 2.24) is 15.0 Å². The quantitative estimate of drug-likeness (QED) is 0.784. The summed E-state index contributed by atoms with van der Waals surface area (Å²) in [7, 11) is 0. The molecule has 1 saturated heterocycles. The van der Waals surface area contributed by atoms with E-state index in [-0.39, 0.29) is 12.5 Å². The first-order chi connectivity index (χ1) is 9.20. The minimum atomic E-state index is 0.0858. The first kappa shape index (κ1) is 14.0. The highest BCUT2D eigenvalue weighted by atomic mass is 16.5. The van der Waals surface area contributed by atoms with Gasteiger partial charge in [0.25, 0.3) is 0 Å². The van der Waals surface area contributed by atoms with Gasteiger partial charge in [0.1, 0.15) is 12.4 Å². The molecule has 0 radical (unpaired) electrons. The lowest BCUT2D eigenvalue weighted by Gasteiger charge is -2.34. The second kappa shape index (κ2) is 6.68. The standard InChI is InChI=1S/C13H21N3O3/c1-3-18-10-13(17)16-6-4-15(5-7-16)9-12-8-14-19-11(12)2/h8H,3-7,9-10H2,1-2H3. The van der Waals surface area contributed by atoms with Gasteiger partial charge in [-0.2, -0.15) is 0 Å². The normalized spacial score (nSPS) is 16.8. The van der Waals surface area contributed by atoms with Crippen molar-refractivity contribution in [1.29, 1.82) is 0 Å². The van der Waals surface area contributed by atoms with E-state index in [1.54, 1.807) is 6.20 Å². The smallest absolute Gasteiger partial charge is 0.248 e. The molecule has 0 saturated carbocycles. The summed E-state index contributed by atoms with van der Waals surface area (Å²) in [6.45, 7) is 8.71. The molecule has 1 aromatic heterocycles. The van der Waals surface area contributed by atoms with Crippen LogP contribution in [-0.2, 0) is 16.1 Å². The summed E-state index contributed by atoms with van der Waals surface area (Å²) >= 11 is 0. The second-order valence-electron chi connectivity index (χ2n) is 4.70. The van der Waals surface area contributed by atoms with E-state index in [1.807, 2.05) is 18.7 Å². The van der Waals surface area contributed by atoms with Crippen LogP contribution >= 0.6 is 0 Å². The lowest BCUT2D eigenvalue weighted by atomic mass is 10.2. The van der Waals surface area contributed by atoms with Gasteiger partial charge >= 0.3 is 0 Å². The molecule has 1 fully saturated rings. The number of amides is 1. The zero-order valence-electron chi connectivity index (χ0n) is 11.6. The average Bonchev–Trinajstić information content (AvgIpc) is 2.82. The van der Waals surface area contributed by atoms with Gasteiger partial charge in [-0.1, -0.05) is 5.16 Å². The number of nitrogens with zero attached hydrogens (tertiary/aromatic N) is 3. The number of ether oxygens (including phenoxy) is 1. The zero-order valence-corrected chi connectivity index (χ0v) is 11.6. The van der Waals surface area contributed by atoms with Crippen molar-refractivity contribution >= 4 is 5.91 Å². The molecule has 1 amide bonds. The van der Waals surface area contributed by atoms with Crippen LogP contribution in [0.1, 0.15) is 18.2 Å². The molecule has 106 valence electrons. The predicted octanol–water partition coefficient (Wildman–Crippen LogP) is 0.664. The van der Waals surface area contributed by atoms with Gasteiger partial charge in [0, 0.05) is 44.9 Å². The molecule has 2 rings (SSSR count). The fourth-order valence-electron chi connectivity index (χ4n) is 2.15. The van der Waals surface area contributed by atoms with E-state index in [1.165, 1.54) is 0 Å². The molecule has 6 nitrogen and oxygen atoms in total. The lowest BCUT2D eigenvalue weighted by molar-refractivity contribution is -0.137. The van der Waals surface area contributed by atoms with E-state index >= 15 is 0 Å². The van der Waals surface area contributed by atoms with Crippen LogP contribution in [0.25, 0.3) is 0 Å². The topological polar surface area (TPSA) is 58.8 Å². The molecule has 0 bridgehead atoms. The number of hydrogen-bond acceptors (Lipinski definition) is 5. The summed E-state index contributed by atoms with van der Waals surface area (Å²) in [5.74, 6) is 0.956. The Hall–Kier alpha value is -1.40. The van der Waals surface area contributed by atoms with Gasteiger partial charge in [0.05, 0.1) is 6.20 Å². The molecular formula is C13H21N3O3. The minimum absolute atomic E-state index is 0.0858. The van der Waals surface area contributed by atoms with Crippen LogP contribution in [0.5, 0.6) is 0 Å². The highest BCUT2D eigenvalue weighted by molar-refractivity contribution is 5.77. The van der Waals surface area contributed by atoms with Crippen LogP contribution in [0, 0.1) is 6.92 Å². The molecule has 1 aliphatic rings. The predicted molar refractivity (Wildman–Crippen MR) is 69.6 cm³/mol. The van der Waals surface area contributed by atoms with Gasteiger partial charge in [0.15, 0.2) is 0 Å². The summed E-state index contributed by atoms with van der Waals surface area (Å²) in [6.07, 6.45) is 1.77. The van der Waals surface area contributed by atoms with Gasteiger partial charge in [-0.25, -0.2) is 0 Å². The van der Waals surface area contributed by atoms with Gasteiger partial charge < -0.3 is 14.2 Å². The van der Waals surface area contributed by atoms with E-state index < -0.39 is 0 Å². The van der Waals surface area contributed by atoms with E-state index in [4.69, 9.17) is 9.26 Å². The minimum Gasteiger partial charge on any atom is -0.372 e. The van der Waals surface area contributed by atoms with Crippen molar-refractivity contribution in [2.45, 2.75) is 20.4 Å². The average molecular weight is 267 g/mol. The Labute approximate surface area is 113 Å². The Morgan fingerprint density at radius 3 is 2.74 bits per heavy atom. The Morgan fingerprint density at radius 1 is 1.42 bits per heavy atom. The van der Waals surface area contributed by atoms with Crippen molar-refractivity contribution in [3.05, 3.63) is 17.5 Å². The van der Waals surface area contributed by atoms with Gasteiger partial charge in [-0.3, -0.25) is 9.69 Å². The summed E-state index contributed by atoms with van der Waals surface area (Å²) in [4.78, 5) is 16.0. The van der Waals surface area contributed by atoms with Crippen molar-refractivity contribution in [3.63, 3.8) is 0 Å². The summed E-state index contributed by atoms with van der Waals surface area (Å²) < 4.78 is 10.2. The lowest BCUT2D eigenvalue weighted by Crippen LogP contribution is -2.49. The van der Waals surface area contributed by atoms with Crippen molar-refractivity contribution in [3.8, 4) is 0 Å². The molecule has 0 atom stereocenters. The van der Waals surface area contributed by atoms with Crippen LogP contribution in [-0.4, -0.2) is 60.3 Å². The zero-order chi connectivity index (χ0) is 13.7. The maximum Gasteiger partial charge on any atom is 0.248 e. The molecule has 1 aliphatic heterocycles. The van der Waals surface area contributed by atoms with Crippen molar-refractivity contribution in [2.75, 3.05) is 39.4 Å². The van der Waals surface area contributed by atoms with E-state index in [0.717, 1.165) is 44.0 Å². The van der Waals surface area contributed by atoms with Gasteiger partial charge in [-0.05, 0) is 13.8 Å². The van der Waals surface area contributed by atoms with Crippen LogP contribution < -0.4 is 0 Å². The Balaban J connectivity index is 1.76. The number of aryl methyl sites for hydroxylation is 1. The molecule has 0 unspecified atom stereocenters. The first-order valence-corrected chi connectivity index (χ1v) is 6.68. The third-order valence-electron chi connectivity index (χ3n) is 3.40. The molecule has 1 aromatic rings. The molecule has 0 N–H and O–H groups in total. The largest absolute Gasteiger partial charge is 0.372 e. The van der Waals surface area contributed by atoms with E-state index in [2.05, 4.69) is 10.1 Å². The second-order valence-corrected chi connectivity index (χ2v) is 4.70. The maximum absolute atomic E-state index is 11.8. The van der Waals surface area contributed by atoms with Crippen molar-refractivity contribution in [2.24, 2.45) is 0 Å². The summed E-state index contributed by atoms with van der Waals surface area (Å²) in [5.41, 5.74) is 1.12. The van der Waals surface area contributed by atoms with E-state index in [0.29, 0.717) is 6.61 Å². The Bertz CT molecular complexity index is 411. The summed E-state index contributed by atoms with van der Waals surface area (Å²) in [5, 5.41) is 3.78. The molecular weight excluding hydrogens is 246 g/mol. The third kappa shape index (κ3) is 3.78. The number of carbonyl (C=O) groups excluding carboxylic acids is 1. The Kier molecular flexibility index (Phi) is 4.93. The molecule has 0 spiro atoms. The number of hydrogen-bond donors (Lipinski definition) is 0. The SMILES string of the molecule is CCOCC(=O)N1CCN(Cc2cnoc2C)CC1. The molecule has 2 heterocycles. The van der Waals surface area contributed by atoms with Gasteiger partial charge in [0.2, 0.25) is 5.91 Å². The van der Waals surface area contributed by atoms with Crippen LogP contribution in [0.4, 0.5) is 0 Å². The monoisotopic (exact) mass is 267 g/mol. The third-order valence-corrected chi connectivity index (χ3v) is 3.40. The highest BCUT2D eigenvalue weighted by Crippen LogP contribution is 2.12. The summed E-state index contributed by atoms with van der Waals surface area (Å²) in [6, 6.07) is 0. The molecule has 0 aliphatic carbocycles. The molecule has 6 heteroatoms. The number of piperazine rings is 1. The van der Waals surface area contributed by atoms with Crippen LogP contribution in [0.3, 0.4) is 0 Å². The maximum atomic E-state index is 11.8. The molecule has 19 heavy (non-hydrogen) atoms. The van der Waals surface area contributed by atoms with Crippen LogP contribution in [0.15, 0.2) is 10.7 Å².